The van der Waals surface area contributed by atoms with Crippen molar-refractivity contribution in [1.29, 1.82) is 0 Å². The number of sulfonamides is 1. The summed E-state index contributed by atoms with van der Waals surface area (Å²) < 4.78 is 68.3. The molecule has 4 saturated carbocycles. The molecule has 12 heteroatoms. The molecule has 3 unspecified atom stereocenters. The van der Waals surface area contributed by atoms with Crippen LogP contribution in [0.4, 0.5) is 18.0 Å². The molecule has 8 nitrogen and oxygen atoms in total. The average Bonchev–Trinajstić information content (AvgIpc) is 3.29. The number of ether oxygens (including phenoxy) is 1. The van der Waals surface area contributed by atoms with Crippen LogP contribution in [-0.2, 0) is 10.0 Å². The third kappa shape index (κ3) is 6.07. The lowest BCUT2D eigenvalue weighted by molar-refractivity contribution is -0.274. The number of nitrogens with one attached hydrogen (secondary N) is 2. The van der Waals surface area contributed by atoms with E-state index in [0.717, 1.165) is 75.6 Å². The van der Waals surface area contributed by atoms with Gasteiger partial charge >= 0.3 is 12.4 Å². The fraction of sp³-hybridized carbons (Fsp3) is 0.781. The Hall–Kier alpha value is -2.05. The molecule has 2 amide bonds. The highest BCUT2D eigenvalue weighted by molar-refractivity contribution is 7.90. The van der Waals surface area contributed by atoms with Crippen LogP contribution in [-0.4, -0.2) is 49.8 Å². The number of carbonyl (C=O) groups excluding carboxylic acids is 1. The lowest BCUT2D eigenvalue weighted by atomic mass is 9.41. The summed E-state index contributed by atoms with van der Waals surface area (Å²) in [5.74, 6) is 1.29. The van der Waals surface area contributed by atoms with Gasteiger partial charge in [-0.1, -0.05) is 34.1 Å². The van der Waals surface area contributed by atoms with Crippen molar-refractivity contribution in [3.63, 3.8) is 0 Å². The van der Waals surface area contributed by atoms with Gasteiger partial charge in [0.15, 0.2) is 0 Å². The molecule has 5 rings (SSSR count). The monoisotopic (exact) mass is 644 g/mol. The van der Waals surface area contributed by atoms with Crippen molar-refractivity contribution in [2.45, 2.75) is 103 Å². The fourth-order valence-electron chi connectivity index (χ4n) is 10.4. The van der Waals surface area contributed by atoms with Gasteiger partial charge in [0.2, 0.25) is 0 Å². The van der Waals surface area contributed by atoms with Gasteiger partial charge in [0.05, 0.1) is 17.1 Å². The fourth-order valence-corrected chi connectivity index (χ4v) is 11.3. The molecule has 1 aromatic rings. The number of aliphatic hydroxyl groups is 2. The molecular weight excluding hydrogens is 597 g/mol. The van der Waals surface area contributed by atoms with Crippen LogP contribution in [0.15, 0.2) is 29.2 Å². The van der Waals surface area contributed by atoms with E-state index in [4.69, 9.17) is 0 Å². The van der Waals surface area contributed by atoms with Crippen molar-refractivity contribution in [2.24, 2.45) is 52.3 Å². The predicted molar refractivity (Wildman–Crippen MR) is 158 cm³/mol. The second-order valence-electron chi connectivity index (χ2n) is 14.4. The molecule has 0 saturated heterocycles. The van der Waals surface area contributed by atoms with Crippen molar-refractivity contribution in [3.8, 4) is 5.75 Å². The van der Waals surface area contributed by atoms with Crippen LogP contribution < -0.4 is 14.8 Å². The molecule has 4 aliphatic rings. The minimum atomic E-state index is -4.90. The standard InChI is InChI=1S/C32H47F3N2O6S/c1-5-22-26-16-19(38)12-14-31(26,4)25-13-15-30(3)23(10-11-24(30)27(25)28(22)39)18(2)17-36-29(40)37-44(41,42)21-8-6-20(7-9-21)43-32(33,34)35/h6-9,18-19,22-28,38-39H,5,10-17H2,1-4H3,(H2,36,37,40)/t18-,19-,22-,23-,24+,25+,26?,27?,28-,30?,31+/m1/s1. The minimum Gasteiger partial charge on any atom is -0.406 e. The second kappa shape index (κ2) is 12.0. The van der Waals surface area contributed by atoms with E-state index in [2.05, 4.69) is 37.7 Å². The molecule has 4 aliphatic carbocycles. The summed E-state index contributed by atoms with van der Waals surface area (Å²) >= 11 is 0. The van der Waals surface area contributed by atoms with E-state index in [0.29, 0.717) is 17.8 Å². The first kappa shape index (κ1) is 33.3. The number of halogens is 3. The third-order valence-electron chi connectivity index (χ3n) is 12.3. The molecule has 0 spiro atoms. The van der Waals surface area contributed by atoms with Crippen molar-refractivity contribution in [3.05, 3.63) is 24.3 Å². The van der Waals surface area contributed by atoms with Crippen LogP contribution in [0.1, 0.15) is 79.1 Å². The van der Waals surface area contributed by atoms with Gasteiger partial charge in [-0.2, -0.15) is 0 Å². The van der Waals surface area contributed by atoms with E-state index < -0.39 is 34.3 Å². The molecule has 0 aromatic heterocycles. The molecule has 11 atom stereocenters. The van der Waals surface area contributed by atoms with E-state index in [1.165, 1.54) is 0 Å². The normalized spacial score (nSPS) is 39.4. The van der Waals surface area contributed by atoms with Gasteiger partial charge in [-0.15, -0.1) is 13.2 Å². The quantitative estimate of drug-likeness (QED) is 0.296. The minimum absolute atomic E-state index is 0.0122. The van der Waals surface area contributed by atoms with Crippen LogP contribution in [0.5, 0.6) is 5.75 Å². The topological polar surface area (TPSA) is 125 Å². The van der Waals surface area contributed by atoms with Gasteiger partial charge < -0.3 is 20.3 Å². The van der Waals surface area contributed by atoms with Crippen LogP contribution >= 0.6 is 0 Å². The number of hydrogen-bond acceptors (Lipinski definition) is 6. The SMILES string of the molecule is CC[C@@H]1C2C[C@H](O)CC[C@@]2(C)[C@H]2CCC3(C)[C@@H]([C@H](C)CNC(=O)NS(=O)(=O)c4ccc(OC(F)(F)F)cc4)CC[C@H]3C2[C@@H]1O. The van der Waals surface area contributed by atoms with Gasteiger partial charge in [0, 0.05) is 6.54 Å². The van der Waals surface area contributed by atoms with Crippen molar-refractivity contribution >= 4 is 16.1 Å². The van der Waals surface area contributed by atoms with Gasteiger partial charge in [-0.05, 0) is 121 Å². The first-order chi connectivity index (χ1) is 20.5. The van der Waals surface area contributed by atoms with E-state index >= 15 is 0 Å². The average molecular weight is 645 g/mol. The Bertz CT molecular complexity index is 1310. The molecule has 0 radical (unpaired) electrons. The maximum absolute atomic E-state index is 12.7. The number of aliphatic hydroxyl groups excluding tert-OH is 2. The summed E-state index contributed by atoms with van der Waals surface area (Å²) in [6.45, 7) is 9.24. The van der Waals surface area contributed by atoms with Crippen LogP contribution in [0.3, 0.4) is 0 Å². The largest absolute Gasteiger partial charge is 0.573 e. The lowest BCUT2D eigenvalue weighted by Crippen LogP contribution is -2.62. The van der Waals surface area contributed by atoms with Gasteiger partial charge in [0.25, 0.3) is 10.0 Å². The van der Waals surface area contributed by atoms with Gasteiger partial charge in [0.1, 0.15) is 5.75 Å². The number of alkyl halides is 3. The zero-order valence-electron chi connectivity index (χ0n) is 25.9. The van der Waals surface area contributed by atoms with E-state index in [1.54, 1.807) is 0 Å². The van der Waals surface area contributed by atoms with Crippen molar-refractivity contribution in [2.75, 3.05) is 6.54 Å². The Labute approximate surface area is 258 Å². The maximum atomic E-state index is 12.7. The Morgan fingerprint density at radius 1 is 1.02 bits per heavy atom. The molecule has 1 aromatic carbocycles. The molecule has 44 heavy (non-hydrogen) atoms. The zero-order valence-corrected chi connectivity index (χ0v) is 26.8. The predicted octanol–water partition coefficient (Wildman–Crippen LogP) is 5.84. The Morgan fingerprint density at radius 3 is 2.30 bits per heavy atom. The molecular formula is C32H47F3N2O6S. The highest BCUT2D eigenvalue weighted by Crippen LogP contribution is 2.69. The third-order valence-corrected chi connectivity index (χ3v) is 13.7. The van der Waals surface area contributed by atoms with Crippen LogP contribution in [0, 0.1) is 52.3 Å². The Morgan fingerprint density at radius 2 is 1.66 bits per heavy atom. The summed E-state index contributed by atoms with van der Waals surface area (Å²) in [7, 11) is -4.31. The molecule has 0 bridgehead atoms. The Balaban J connectivity index is 1.22. The summed E-state index contributed by atoms with van der Waals surface area (Å²) in [5, 5.41) is 25.1. The number of rotatable bonds is 7. The molecule has 4 fully saturated rings. The first-order valence-electron chi connectivity index (χ1n) is 16.0. The van der Waals surface area contributed by atoms with E-state index in [1.807, 2.05) is 4.72 Å². The van der Waals surface area contributed by atoms with Crippen molar-refractivity contribution in [1.82, 2.24) is 10.0 Å². The molecule has 0 heterocycles. The number of amides is 2. The summed E-state index contributed by atoms with van der Waals surface area (Å²) in [6, 6.07) is 2.73. The summed E-state index contributed by atoms with van der Waals surface area (Å²) in [5.41, 5.74) is 0.105. The highest BCUT2D eigenvalue weighted by Gasteiger charge is 2.64. The van der Waals surface area contributed by atoms with Crippen LogP contribution in [0.2, 0.25) is 0 Å². The molecule has 0 aliphatic heterocycles. The zero-order chi connectivity index (χ0) is 32.2. The number of benzene rings is 1. The maximum Gasteiger partial charge on any atom is 0.573 e. The van der Waals surface area contributed by atoms with Gasteiger partial charge in [-0.3, -0.25) is 0 Å². The second-order valence-corrected chi connectivity index (χ2v) is 16.1. The Kier molecular flexibility index (Phi) is 9.05. The number of urea groups is 1. The van der Waals surface area contributed by atoms with Gasteiger partial charge in [-0.25, -0.2) is 17.9 Å². The summed E-state index contributed by atoms with van der Waals surface area (Å²) in [6.07, 6.45) is 1.98. The first-order valence-corrected chi connectivity index (χ1v) is 17.5. The number of carbonyl (C=O) groups is 1. The summed E-state index contributed by atoms with van der Waals surface area (Å²) in [4.78, 5) is 12.3. The smallest absolute Gasteiger partial charge is 0.406 e. The van der Waals surface area contributed by atoms with Crippen molar-refractivity contribution < 1.29 is 41.3 Å². The van der Waals surface area contributed by atoms with E-state index in [-0.39, 0.29) is 52.0 Å². The number of hydrogen-bond donors (Lipinski definition) is 4. The van der Waals surface area contributed by atoms with Crippen LogP contribution in [0.25, 0.3) is 0 Å². The number of fused-ring (bicyclic) bond motifs is 5. The van der Waals surface area contributed by atoms with E-state index in [9.17, 15) is 36.6 Å². The highest BCUT2D eigenvalue weighted by atomic mass is 32.2. The molecule has 4 N–H and O–H groups in total. The lowest BCUT2D eigenvalue weighted by Gasteiger charge is -2.64. The molecule has 248 valence electrons.